The van der Waals surface area contributed by atoms with Crippen molar-refractivity contribution in [1.29, 1.82) is 0 Å². The van der Waals surface area contributed by atoms with Crippen LogP contribution >= 0.6 is 11.8 Å². The van der Waals surface area contributed by atoms with Gasteiger partial charge in [0.1, 0.15) is 17.2 Å². The topological polar surface area (TPSA) is 110 Å². The van der Waals surface area contributed by atoms with Crippen molar-refractivity contribution in [1.82, 2.24) is 0 Å². The van der Waals surface area contributed by atoms with E-state index in [1.165, 1.54) is 29.5 Å². The number of anilines is 1. The number of benzene rings is 4. The van der Waals surface area contributed by atoms with Gasteiger partial charge in [0.25, 0.3) is 0 Å². The van der Waals surface area contributed by atoms with Crippen LogP contribution in [-0.4, -0.2) is 28.4 Å². The molecule has 4 aromatic carbocycles. The second-order valence-corrected chi connectivity index (χ2v) is 12.3. The summed E-state index contributed by atoms with van der Waals surface area (Å²) < 4.78 is 5.72. The number of ketones is 2. The zero-order valence-electron chi connectivity index (χ0n) is 23.6. The number of ether oxygens (including phenoxy) is 1. The van der Waals surface area contributed by atoms with Gasteiger partial charge in [0.05, 0.1) is 28.9 Å². The molecule has 4 N–H and O–H groups in total. The van der Waals surface area contributed by atoms with Crippen LogP contribution in [0.4, 0.5) is 5.69 Å². The summed E-state index contributed by atoms with van der Waals surface area (Å²) in [5.41, 5.74) is 8.25. The molecule has 0 unspecified atom stereocenters. The molecule has 0 saturated carbocycles. The fraction of sp³-hybridized carbons (Fsp3) is 0.235. The summed E-state index contributed by atoms with van der Waals surface area (Å²) in [6, 6.07) is 19.7. The Bertz CT molecular complexity index is 1650. The van der Waals surface area contributed by atoms with Gasteiger partial charge in [-0.15, -0.1) is 0 Å². The third-order valence-corrected chi connectivity index (χ3v) is 8.33. The van der Waals surface area contributed by atoms with Crippen LogP contribution in [0.2, 0.25) is 0 Å². The predicted molar refractivity (Wildman–Crippen MR) is 163 cm³/mol. The van der Waals surface area contributed by atoms with Crippen LogP contribution in [0.15, 0.2) is 76.5 Å². The van der Waals surface area contributed by atoms with Gasteiger partial charge in [-0.2, -0.15) is 0 Å². The number of phenols is 2. The summed E-state index contributed by atoms with van der Waals surface area (Å²) in [6.45, 7) is 9.10. The average molecular weight is 568 g/mol. The first kappa shape index (κ1) is 28.3. The van der Waals surface area contributed by atoms with E-state index in [-0.39, 0.29) is 44.9 Å². The van der Waals surface area contributed by atoms with Gasteiger partial charge in [0.15, 0.2) is 5.78 Å². The molecule has 1 aliphatic rings. The molecular weight excluding hydrogens is 534 g/mol. The number of nitrogens with two attached hydrogens (primary N) is 1. The zero-order valence-corrected chi connectivity index (χ0v) is 24.4. The van der Waals surface area contributed by atoms with Crippen molar-refractivity contribution in [2.45, 2.75) is 55.7 Å². The summed E-state index contributed by atoms with van der Waals surface area (Å²) in [4.78, 5) is 29.1. The number of hydrogen-bond acceptors (Lipinski definition) is 7. The van der Waals surface area contributed by atoms with E-state index in [0.717, 1.165) is 17.7 Å². The number of unbranched alkanes of at least 4 members (excludes halogenated alkanes) is 1. The lowest BCUT2D eigenvalue weighted by atomic mass is 9.80. The molecule has 41 heavy (non-hydrogen) atoms. The number of hydrogen-bond donors (Lipinski definition) is 3. The maximum atomic E-state index is 13.9. The molecule has 0 heterocycles. The van der Waals surface area contributed by atoms with Crippen LogP contribution < -0.4 is 10.5 Å². The predicted octanol–water partition coefficient (Wildman–Crippen LogP) is 7.75. The highest BCUT2D eigenvalue weighted by atomic mass is 32.2. The minimum atomic E-state index is -0.650. The highest BCUT2D eigenvalue weighted by molar-refractivity contribution is 7.99. The summed E-state index contributed by atoms with van der Waals surface area (Å²) in [6.07, 6.45) is 1.97. The Morgan fingerprint density at radius 1 is 0.829 bits per heavy atom. The Kier molecular flexibility index (Phi) is 7.58. The van der Waals surface area contributed by atoms with Gasteiger partial charge in [-0.1, -0.05) is 70.1 Å². The van der Waals surface area contributed by atoms with Crippen LogP contribution in [0.1, 0.15) is 77.9 Å². The quantitative estimate of drug-likeness (QED) is 0.105. The molecule has 0 radical (unpaired) electrons. The molecule has 0 spiro atoms. The molecular formula is C34H33NO5S. The van der Waals surface area contributed by atoms with E-state index in [2.05, 4.69) is 27.7 Å². The molecule has 0 fully saturated rings. The van der Waals surface area contributed by atoms with Crippen molar-refractivity contribution >= 4 is 29.0 Å². The second-order valence-electron chi connectivity index (χ2n) is 11.2. The Morgan fingerprint density at radius 3 is 2.12 bits per heavy atom. The molecule has 1 aliphatic carbocycles. The maximum Gasteiger partial charge on any atom is 0.202 e. The molecule has 6 nitrogen and oxygen atoms in total. The molecule has 4 aromatic rings. The van der Waals surface area contributed by atoms with Crippen molar-refractivity contribution in [3.63, 3.8) is 0 Å². The minimum Gasteiger partial charge on any atom is -0.507 e. The molecule has 0 atom stereocenters. The van der Waals surface area contributed by atoms with E-state index in [0.29, 0.717) is 28.4 Å². The van der Waals surface area contributed by atoms with Crippen LogP contribution in [0.3, 0.4) is 0 Å². The first-order valence-electron chi connectivity index (χ1n) is 13.6. The number of nitrogen functional groups attached to an aromatic ring is 1. The van der Waals surface area contributed by atoms with Crippen LogP contribution in [0.5, 0.6) is 17.2 Å². The summed E-state index contributed by atoms with van der Waals surface area (Å²) in [7, 11) is 0. The van der Waals surface area contributed by atoms with E-state index in [4.69, 9.17) is 10.5 Å². The smallest absolute Gasteiger partial charge is 0.202 e. The van der Waals surface area contributed by atoms with Gasteiger partial charge in [0.2, 0.25) is 5.78 Å². The SMILES string of the molecule is CCCCOc1ccc(-c2cc(N)c3c(c2O)C(=O)c2c(O)ccc(Sc4ccc(C(C)(C)C)cc4)c2C3=O)cc1. The number of fused-ring (bicyclic) bond motifs is 2. The molecule has 7 heteroatoms. The van der Waals surface area contributed by atoms with Crippen molar-refractivity contribution < 1.29 is 24.5 Å². The van der Waals surface area contributed by atoms with E-state index in [1.807, 2.05) is 24.3 Å². The number of phenolic OH excluding ortho intramolecular Hbond substituents is 2. The normalized spacial score (nSPS) is 12.7. The standard InChI is InChI=1S/C34H33NO5S/c1-5-6-17-40-21-11-7-19(8-12-21)23-18-24(35)27-30(31(23)37)33(39)28-25(36)15-16-26(29(28)32(27)38)41-22-13-9-20(10-14-22)34(2,3)4/h7-16,18,36-37H,5-6,17,35H2,1-4H3. The van der Waals surface area contributed by atoms with Gasteiger partial charge >= 0.3 is 0 Å². The Hall–Kier alpha value is -4.23. The monoisotopic (exact) mass is 567 g/mol. The average Bonchev–Trinajstić information content (AvgIpc) is 2.94. The van der Waals surface area contributed by atoms with E-state index >= 15 is 0 Å². The maximum absolute atomic E-state index is 13.9. The summed E-state index contributed by atoms with van der Waals surface area (Å²) in [5, 5.41) is 22.1. The van der Waals surface area contributed by atoms with Crippen molar-refractivity contribution in [2.75, 3.05) is 12.3 Å². The Balaban J connectivity index is 1.54. The number of carbonyl (C=O) groups excluding carboxylic acids is 2. The largest absolute Gasteiger partial charge is 0.507 e. The lowest BCUT2D eigenvalue weighted by Crippen LogP contribution is -2.24. The molecule has 0 aliphatic heterocycles. The fourth-order valence-corrected chi connectivity index (χ4v) is 5.92. The third-order valence-electron chi connectivity index (χ3n) is 7.26. The molecule has 0 aromatic heterocycles. The van der Waals surface area contributed by atoms with Gasteiger partial charge in [-0.25, -0.2) is 0 Å². The number of aromatic hydroxyl groups is 2. The summed E-state index contributed by atoms with van der Waals surface area (Å²) in [5.74, 6) is -1.15. The van der Waals surface area contributed by atoms with Crippen molar-refractivity contribution in [3.05, 3.63) is 94.5 Å². The molecule has 0 bridgehead atoms. The van der Waals surface area contributed by atoms with Gasteiger partial charge in [0, 0.05) is 21.0 Å². The highest BCUT2D eigenvalue weighted by Crippen LogP contribution is 2.47. The lowest BCUT2D eigenvalue weighted by molar-refractivity contribution is 0.0972. The molecule has 0 amide bonds. The summed E-state index contributed by atoms with van der Waals surface area (Å²) >= 11 is 1.33. The van der Waals surface area contributed by atoms with Gasteiger partial charge < -0.3 is 20.7 Å². The number of rotatable bonds is 7. The fourth-order valence-electron chi connectivity index (χ4n) is 4.96. The highest BCUT2D eigenvalue weighted by Gasteiger charge is 2.38. The lowest BCUT2D eigenvalue weighted by Gasteiger charge is -2.24. The van der Waals surface area contributed by atoms with Crippen molar-refractivity contribution in [3.8, 4) is 28.4 Å². The zero-order chi connectivity index (χ0) is 29.5. The van der Waals surface area contributed by atoms with Crippen molar-refractivity contribution in [2.24, 2.45) is 0 Å². The van der Waals surface area contributed by atoms with Crippen LogP contribution in [0, 0.1) is 0 Å². The molecule has 210 valence electrons. The van der Waals surface area contributed by atoms with Gasteiger partial charge in [-0.05, 0) is 65.4 Å². The van der Waals surface area contributed by atoms with Crippen LogP contribution in [-0.2, 0) is 5.41 Å². The molecule has 5 rings (SSSR count). The first-order valence-corrected chi connectivity index (χ1v) is 14.4. The van der Waals surface area contributed by atoms with E-state index in [9.17, 15) is 19.8 Å². The molecule has 0 saturated heterocycles. The Labute approximate surface area is 244 Å². The minimum absolute atomic E-state index is 0.00414. The number of carbonyl (C=O) groups is 2. The van der Waals surface area contributed by atoms with E-state index in [1.54, 1.807) is 30.3 Å². The Morgan fingerprint density at radius 2 is 1.49 bits per heavy atom. The third kappa shape index (κ3) is 5.30. The van der Waals surface area contributed by atoms with Crippen LogP contribution in [0.25, 0.3) is 11.1 Å². The first-order chi connectivity index (χ1) is 19.5. The van der Waals surface area contributed by atoms with E-state index < -0.39 is 11.6 Å². The van der Waals surface area contributed by atoms with Gasteiger partial charge in [-0.3, -0.25) is 9.59 Å². The second kappa shape index (κ2) is 11.0.